The summed E-state index contributed by atoms with van der Waals surface area (Å²) in [4.78, 5) is 0. The van der Waals surface area contributed by atoms with E-state index < -0.39 is 0 Å². The second-order valence-corrected chi connectivity index (χ2v) is 3.19. The van der Waals surface area contributed by atoms with Crippen LogP contribution < -0.4 is 0 Å². The lowest BCUT2D eigenvalue weighted by Crippen LogP contribution is -1.82. The van der Waals surface area contributed by atoms with Crippen LogP contribution in [0.2, 0.25) is 5.02 Å². The van der Waals surface area contributed by atoms with Crippen molar-refractivity contribution in [3.05, 3.63) is 28.9 Å². The molecule has 1 heterocycles. The van der Waals surface area contributed by atoms with Crippen LogP contribution in [0.4, 0.5) is 0 Å². The Kier molecular flexibility index (Phi) is 1.77. The van der Waals surface area contributed by atoms with Gasteiger partial charge in [-0.1, -0.05) is 18.5 Å². The zero-order chi connectivity index (χ0) is 8.55. The number of benzene rings is 1. The van der Waals surface area contributed by atoms with Crippen molar-refractivity contribution in [2.24, 2.45) is 0 Å². The molecule has 2 rings (SSSR count). The molecule has 0 atom stereocenters. The lowest BCUT2D eigenvalue weighted by atomic mass is 10.1. The van der Waals surface area contributed by atoms with E-state index in [0.717, 1.165) is 22.3 Å². The quantitative estimate of drug-likeness (QED) is 0.719. The molecular weight excluding hydrogens is 172 g/mol. The number of H-pyrrole nitrogens is 1. The minimum Gasteiger partial charge on any atom is -0.278 e. The van der Waals surface area contributed by atoms with E-state index in [1.165, 1.54) is 5.56 Å². The molecule has 0 aliphatic rings. The SMILES string of the molecule is CCc1cc(Cl)cc2cn[nH]c12. The van der Waals surface area contributed by atoms with Crippen LogP contribution in [0.1, 0.15) is 12.5 Å². The zero-order valence-electron chi connectivity index (χ0n) is 6.76. The van der Waals surface area contributed by atoms with Gasteiger partial charge in [-0.3, -0.25) is 5.10 Å². The zero-order valence-corrected chi connectivity index (χ0v) is 7.52. The molecule has 0 saturated heterocycles. The average molecular weight is 181 g/mol. The number of hydrogen-bond donors (Lipinski definition) is 1. The lowest BCUT2D eigenvalue weighted by molar-refractivity contribution is 1.09. The third kappa shape index (κ3) is 1.08. The third-order valence-electron chi connectivity index (χ3n) is 1.98. The Bertz CT molecular complexity index is 406. The monoisotopic (exact) mass is 180 g/mol. The van der Waals surface area contributed by atoms with Crippen molar-refractivity contribution in [2.45, 2.75) is 13.3 Å². The largest absolute Gasteiger partial charge is 0.278 e. The molecule has 0 aliphatic carbocycles. The Morgan fingerprint density at radius 2 is 2.33 bits per heavy atom. The molecule has 1 aromatic heterocycles. The highest BCUT2D eigenvalue weighted by atomic mass is 35.5. The maximum Gasteiger partial charge on any atom is 0.0683 e. The van der Waals surface area contributed by atoms with Crippen LogP contribution >= 0.6 is 11.6 Å². The molecule has 0 saturated carbocycles. The number of halogens is 1. The second kappa shape index (κ2) is 2.79. The average Bonchev–Trinajstić information content (AvgIpc) is 2.50. The van der Waals surface area contributed by atoms with E-state index >= 15 is 0 Å². The van der Waals surface area contributed by atoms with Gasteiger partial charge in [0.15, 0.2) is 0 Å². The van der Waals surface area contributed by atoms with Gasteiger partial charge < -0.3 is 0 Å². The van der Waals surface area contributed by atoms with Crippen molar-refractivity contribution in [1.29, 1.82) is 0 Å². The Hall–Kier alpha value is -1.02. The molecule has 0 amide bonds. The topological polar surface area (TPSA) is 28.7 Å². The predicted octanol–water partition coefficient (Wildman–Crippen LogP) is 2.78. The molecule has 0 radical (unpaired) electrons. The smallest absolute Gasteiger partial charge is 0.0683 e. The van der Waals surface area contributed by atoms with Crippen molar-refractivity contribution in [3.63, 3.8) is 0 Å². The van der Waals surface area contributed by atoms with Gasteiger partial charge in [0.1, 0.15) is 0 Å². The maximum absolute atomic E-state index is 5.92. The Morgan fingerprint density at radius 3 is 3.08 bits per heavy atom. The first kappa shape index (κ1) is 7.62. The number of hydrogen-bond acceptors (Lipinski definition) is 1. The molecule has 0 aliphatic heterocycles. The Labute approximate surface area is 75.5 Å². The normalized spacial score (nSPS) is 10.8. The summed E-state index contributed by atoms with van der Waals surface area (Å²) < 4.78 is 0. The van der Waals surface area contributed by atoms with Crippen LogP contribution in [-0.2, 0) is 6.42 Å². The summed E-state index contributed by atoms with van der Waals surface area (Å²) in [5, 5.41) is 8.79. The molecule has 2 nitrogen and oxygen atoms in total. The molecule has 0 bridgehead atoms. The first-order valence-corrected chi connectivity index (χ1v) is 4.30. The molecule has 1 N–H and O–H groups in total. The number of nitrogens with one attached hydrogen (secondary N) is 1. The lowest BCUT2D eigenvalue weighted by Gasteiger charge is -1.98. The molecule has 0 fully saturated rings. The molecule has 62 valence electrons. The van der Waals surface area contributed by atoms with E-state index in [9.17, 15) is 0 Å². The van der Waals surface area contributed by atoms with Crippen molar-refractivity contribution in [2.75, 3.05) is 0 Å². The summed E-state index contributed by atoms with van der Waals surface area (Å²) in [6.45, 7) is 2.10. The number of fused-ring (bicyclic) bond motifs is 1. The summed E-state index contributed by atoms with van der Waals surface area (Å²) in [5.41, 5.74) is 2.32. The fourth-order valence-electron chi connectivity index (χ4n) is 1.37. The van der Waals surface area contributed by atoms with Gasteiger partial charge in [-0.25, -0.2) is 0 Å². The van der Waals surface area contributed by atoms with Gasteiger partial charge in [0.25, 0.3) is 0 Å². The van der Waals surface area contributed by atoms with Crippen LogP contribution in [0.15, 0.2) is 18.3 Å². The van der Waals surface area contributed by atoms with Gasteiger partial charge in [-0.05, 0) is 24.1 Å². The second-order valence-electron chi connectivity index (χ2n) is 2.75. The standard InChI is InChI=1S/C9H9ClN2/c1-2-6-3-8(10)4-7-5-11-12-9(6)7/h3-5H,2H2,1H3,(H,11,12). The third-order valence-corrected chi connectivity index (χ3v) is 2.19. The molecule has 12 heavy (non-hydrogen) atoms. The number of aromatic nitrogens is 2. The van der Waals surface area contributed by atoms with Gasteiger partial charge in [0, 0.05) is 10.4 Å². The van der Waals surface area contributed by atoms with Crippen molar-refractivity contribution >= 4 is 22.5 Å². The van der Waals surface area contributed by atoms with E-state index in [1.54, 1.807) is 6.20 Å². The van der Waals surface area contributed by atoms with Gasteiger partial charge in [0.2, 0.25) is 0 Å². The van der Waals surface area contributed by atoms with E-state index in [1.807, 2.05) is 12.1 Å². The molecular formula is C9H9ClN2. The summed E-state index contributed by atoms with van der Waals surface area (Å²) in [5.74, 6) is 0. The first-order valence-electron chi connectivity index (χ1n) is 3.92. The molecule has 0 spiro atoms. The van der Waals surface area contributed by atoms with Crippen molar-refractivity contribution in [1.82, 2.24) is 10.2 Å². The van der Waals surface area contributed by atoms with Gasteiger partial charge in [-0.2, -0.15) is 5.10 Å². The summed E-state index contributed by atoms with van der Waals surface area (Å²) in [7, 11) is 0. The van der Waals surface area contributed by atoms with Gasteiger partial charge in [-0.15, -0.1) is 0 Å². The minimum atomic E-state index is 0.778. The summed E-state index contributed by atoms with van der Waals surface area (Å²) >= 11 is 5.92. The highest BCUT2D eigenvalue weighted by Gasteiger charge is 2.02. The summed E-state index contributed by atoms with van der Waals surface area (Å²) in [6, 6.07) is 3.89. The van der Waals surface area contributed by atoms with Gasteiger partial charge >= 0.3 is 0 Å². The van der Waals surface area contributed by atoms with Crippen LogP contribution in [0.3, 0.4) is 0 Å². The van der Waals surface area contributed by atoms with E-state index in [4.69, 9.17) is 11.6 Å². The van der Waals surface area contributed by atoms with Crippen molar-refractivity contribution < 1.29 is 0 Å². The maximum atomic E-state index is 5.92. The van der Waals surface area contributed by atoms with Crippen LogP contribution in [0.25, 0.3) is 10.9 Å². The van der Waals surface area contributed by atoms with E-state index in [0.29, 0.717) is 0 Å². The molecule has 3 heteroatoms. The van der Waals surface area contributed by atoms with Gasteiger partial charge in [0.05, 0.1) is 11.7 Å². The first-order chi connectivity index (χ1) is 5.81. The minimum absolute atomic E-state index is 0.778. The Morgan fingerprint density at radius 1 is 1.50 bits per heavy atom. The fraction of sp³-hybridized carbons (Fsp3) is 0.222. The number of aryl methyl sites for hydroxylation is 1. The molecule has 0 unspecified atom stereocenters. The summed E-state index contributed by atoms with van der Waals surface area (Å²) in [6.07, 6.45) is 2.76. The number of rotatable bonds is 1. The van der Waals surface area contributed by atoms with E-state index in [-0.39, 0.29) is 0 Å². The molecule has 2 aromatic rings. The highest BCUT2D eigenvalue weighted by molar-refractivity contribution is 6.31. The van der Waals surface area contributed by atoms with Crippen LogP contribution in [0, 0.1) is 0 Å². The highest BCUT2D eigenvalue weighted by Crippen LogP contribution is 2.21. The van der Waals surface area contributed by atoms with E-state index in [2.05, 4.69) is 17.1 Å². The fourth-order valence-corrected chi connectivity index (χ4v) is 1.62. The number of aromatic amines is 1. The molecule has 1 aromatic carbocycles. The predicted molar refractivity (Wildman–Crippen MR) is 50.5 cm³/mol. The number of nitrogens with zero attached hydrogens (tertiary/aromatic N) is 1. The Balaban J connectivity index is 2.80. The van der Waals surface area contributed by atoms with Crippen LogP contribution in [0.5, 0.6) is 0 Å². The van der Waals surface area contributed by atoms with Crippen molar-refractivity contribution in [3.8, 4) is 0 Å². The van der Waals surface area contributed by atoms with Crippen LogP contribution in [-0.4, -0.2) is 10.2 Å².